The molecule has 2 atom stereocenters. The van der Waals surface area contributed by atoms with Crippen molar-refractivity contribution in [2.75, 3.05) is 19.6 Å². The van der Waals surface area contributed by atoms with Gasteiger partial charge in [-0.05, 0) is 42.5 Å². The van der Waals surface area contributed by atoms with Crippen LogP contribution < -0.4 is 5.32 Å². The van der Waals surface area contributed by atoms with Crippen molar-refractivity contribution in [3.05, 3.63) is 52.0 Å². The third kappa shape index (κ3) is 3.28. The quantitative estimate of drug-likeness (QED) is 0.869. The van der Waals surface area contributed by atoms with E-state index in [2.05, 4.69) is 10.3 Å². The number of nitrogens with zero attached hydrogens (tertiary/aromatic N) is 3. The van der Waals surface area contributed by atoms with E-state index in [-0.39, 0.29) is 5.91 Å². The molecule has 0 spiro atoms. The number of hydrogen-bond donors (Lipinski definition) is 1. The van der Waals surface area contributed by atoms with Gasteiger partial charge in [0.05, 0.1) is 16.4 Å². The fourth-order valence-corrected chi connectivity index (χ4v) is 4.23. The highest BCUT2D eigenvalue weighted by atomic mass is 35.5. The van der Waals surface area contributed by atoms with E-state index in [1.807, 2.05) is 24.1 Å². The molecule has 25 heavy (non-hydrogen) atoms. The van der Waals surface area contributed by atoms with Crippen LogP contribution in [0.1, 0.15) is 16.1 Å². The van der Waals surface area contributed by atoms with Gasteiger partial charge in [-0.25, -0.2) is 4.98 Å². The van der Waals surface area contributed by atoms with Crippen LogP contribution in [0.5, 0.6) is 0 Å². The number of piperidine rings is 1. The number of fused-ring (bicyclic) bond motifs is 1. The molecular weight excluding hydrogens is 359 g/mol. The molecule has 5 nitrogen and oxygen atoms in total. The third-order valence-corrected chi connectivity index (χ3v) is 6.16. The highest BCUT2D eigenvalue weighted by Crippen LogP contribution is 2.49. The van der Waals surface area contributed by atoms with Gasteiger partial charge in [-0.1, -0.05) is 35.3 Å². The van der Waals surface area contributed by atoms with Crippen molar-refractivity contribution in [3.8, 4) is 0 Å². The van der Waals surface area contributed by atoms with E-state index in [1.54, 1.807) is 23.2 Å². The largest absolute Gasteiger partial charge is 0.340 e. The summed E-state index contributed by atoms with van der Waals surface area (Å²) in [5.74, 6) is 1.88. The van der Waals surface area contributed by atoms with E-state index in [0.29, 0.717) is 40.0 Å². The molecule has 0 radical (unpaired) electrons. The summed E-state index contributed by atoms with van der Waals surface area (Å²) in [6.07, 6.45) is 3.40. The number of rotatable bonds is 5. The number of halogens is 2. The van der Waals surface area contributed by atoms with Gasteiger partial charge in [0, 0.05) is 26.3 Å². The Morgan fingerprint density at radius 1 is 1.36 bits per heavy atom. The fourth-order valence-electron chi connectivity index (χ4n) is 3.85. The molecule has 2 unspecified atom stereocenters. The summed E-state index contributed by atoms with van der Waals surface area (Å²) in [7, 11) is 1.86. The lowest BCUT2D eigenvalue weighted by molar-refractivity contribution is 0.0723. The molecule has 0 bridgehead atoms. The second kappa shape index (κ2) is 6.63. The van der Waals surface area contributed by atoms with Gasteiger partial charge in [0.1, 0.15) is 5.69 Å². The fraction of sp³-hybridized carbons (Fsp3) is 0.444. The summed E-state index contributed by atoms with van der Waals surface area (Å²) in [6.45, 7) is 3.28. The highest BCUT2D eigenvalue weighted by Gasteiger charge is 2.53. The number of imidazole rings is 1. The number of aromatic nitrogens is 2. The lowest BCUT2D eigenvalue weighted by atomic mass is 10.1. The Morgan fingerprint density at radius 2 is 2.12 bits per heavy atom. The highest BCUT2D eigenvalue weighted by molar-refractivity contribution is 6.42. The summed E-state index contributed by atoms with van der Waals surface area (Å²) in [4.78, 5) is 19.1. The van der Waals surface area contributed by atoms with E-state index in [9.17, 15) is 4.79 Å². The molecule has 1 saturated carbocycles. The number of aryl methyl sites for hydroxylation is 1. The van der Waals surface area contributed by atoms with Crippen LogP contribution in [0, 0.1) is 17.8 Å². The van der Waals surface area contributed by atoms with Crippen molar-refractivity contribution in [3.63, 3.8) is 0 Å². The Labute approximate surface area is 156 Å². The summed E-state index contributed by atoms with van der Waals surface area (Å²) >= 11 is 12.5. The molecule has 2 aromatic rings. The van der Waals surface area contributed by atoms with E-state index < -0.39 is 0 Å². The molecule has 7 heteroatoms. The van der Waals surface area contributed by atoms with Gasteiger partial charge in [0.15, 0.2) is 0 Å². The zero-order chi connectivity index (χ0) is 17.6. The molecule has 1 aliphatic heterocycles. The van der Waals surface area contributed by atoms with Crippen molar-refractivity contribution in [2.45, 2.75) is 6.54 Å². The van der Waals surface area contributed by atoms with Crippen LogP contribution in [0.3, 0.4) is 0 Å². The van der Waals surface area contributed by atoms with Crippen LogP contribution in [0.4, 0.5) is 0 Å². The molecule has 4 rings (SSSR count). The van der Waals surface area contributed by atoms with Crippen LogP contribution in [0.25, 0.3) is 0 Å². The maximum Gasteiger partial charge on any atom is 0.274 e. The summed E-state index contributed by atoms with van der Waals surface area (Å²) in [6, 6.07) is 5.54. The van der Waals surface area contributed by atoms with Crippen molar-refractivity contribution in [1.29, 1.82) is 0 Å². The number of carbonyl (C=O) groups is 1. The van der Waals surface area contributed by atoms with Crippen molar-refractivity contribution in [2.24, 2.45) is 24.8 Å². The molecule has 1 amide bonds. The lowest BCUT2D eigenvalue weighted by Crippen LogP contribution is -2.34. The number of hydrogen-bond acceptors (Lipinski definition) is 3. The maximum absolute atomic E-state index is 13.0. The predicted molar refractivity (Wildman–Crippen MR) is 97.8 cm³/mol. The Hall–Kier alpha value is -1.56. The smallest absolute Gasteiger partial charge is 0.274 e. The molecule has 1 aromatic heterocycles. The molecule has 1 saturated heterocycles. The van der Waals surface area contributed by atoms with Crippen LogP contribution in [-0.4, -0.2) is 40.0 Å². The molecule has 2 heterocycles. The molecule has 2 fully saturated rings. The minimum absolute atomic E-state index is 0.0606. The molecular formula is C18H20Cl2N4O. The predicted octanol–water partition coefficient (Wildman–Crippen LogP) is 2.83. The van der Waals surface area contributed by atoms with Crippen molar-refractivity contribution < 1.29 is 4.79 Å². The van der Waals surface area contributed by atoms with Gasteiger partial charge in [-0.2, -0.15) is 0 Å². The van der Waals surface area contributed by atoms with Crippen LogP contribution >= 0.6 is 23.2 Å². The zero-order valence-corrected chi connectivity index (χ0v) is 15.5. The maximum atomic E-state index is 13.0. The summed E-state index contributed by atoms with van der Waals surface area (Å²) < 4.78 is 1.79. The normalized spacial score (nSPS) is 24.2. The van der Waals surface area contributed by atoms with E-state index in [0.717, 1.165) is 25.2 Å². The number of carbonyl (C=O) groups excluding carboxylic acids is 1. The number of nitrogens with one attached hydrogen (secondary N) is 1. The van der Waals surface area contributed by atoms with E-state index >= 15 is 0 Å². The van der Waals surface area contributed by atoms with Gasteiger partial charge >= 0.3 is 0 Å². The first-order chi connectivity index (χ1) is 12.0. The second-order valence-corrected chi connectivity index (χ2v) is 7.76. The van der Waals surface area contributed by atoms with Crippen molar-refractivity contribution >= 4 is 29.1 Å². The van der Waals surface area contributed by atoms with Gasteiger partial charge in [-0.15, -0.1) is 0 Å². The lowest BCUT2D eigenvalue weighted by Gasteiger charge is -2.24. The molecule has 132 valence electrons. The first-order valence-corrected chi connectivity index (χ1v) is 9.21. The SMILES string of the molecule is Cn1cnc(C(=O)N(Cc2cccc(Cl)c2Cl)CC2C3CNCC32)c1. The Bertz CT molecular complexity index is 796. The first-order valence-electron chi connectivity index (χ1n) is 8.45. The van der Waals surface area contributed by atoms with Crippen molar-refractivity contribution in [1.82, 2.24) is 19.8 Å². The minimum atomic E-state index is -0.0606. The average Bonchev–Trinajstić information content (AvgIpc) is 2.98. The van der Waals surface area contributed by atoms with Crippen LogP contribution in [-0.2, 0) is 13.6 Å². The summed E-state index contributed by atoms with van der Waals surface area (Å²) in [5.41, 5.74) is 1.33. The van der Waals surface area contributed by atoms with Crippen LogP contribution in [0.15, 0.2) is 30.7 Å². The van der Waals surface area contributed by atoms with Gasteiger partial charge in [0.25, 0.3) is 5.91 Å². The Kier molecular flexibility index (Phi) is 4.48. The second-order valence-electron chi connectivity index (χ2n) is 6.97. The van der Waals surface area contributed by atoms with Gasteiger partial charge < -0.3 is 14.8 Å². The molecule has 2 aliphatic rings. The van der Waals surface area contributed by atoms with Gasteiger partial charge in [0.2, 0.25) is 0 Å². The standard InChI is InChI=1S/C18H20Cl2N4O/c1-23-9-16(22-10-23)18(25)24(8-14-12-5-21-6-13(12)14)7-11-3-2-4-15(19)17(11)20/h2-4,9-10,12-14,21H,5-8H2,1H3. The van der Waals surface area contributed by atoms with E-state index in [1.165, 1.54) is 0 Å². The molecule has 1 aliphatic carbocycles. The zero-order valence-electron chi connectivity index (χ0n) is 14.0. The monoisotopic (exact) mass is 378 g/mol. The Balaban J connectivity index is 1.56. The molecule has 1 N–H and O–H groups in total. The third-order valence-electron chi connectivity index (χ3n) is 5.30. The van der Waals surface area contributed by atoms with E-state index in [4.69, 9.17) is 23.2 Å². The minimum Gasteiger partial charge on any atom is -0.340 e. The summed E-state index contributed by atoms with van der Waals surface area (Å²) in [5, 5.41) is 4.42. The average molecular weight is 379 g/mol. The number of amides is 1. The first kappa shape index (κ1) is 16.9. The topological polar surface area (TPSA) is 50.2 Å². The van der Waals surface area contributed by atoms with Gasteiger partial charge in [-0.3, -0.25) is 4.79 Å². The van der Waals surface area contributed by atoms with Crippen LogP contribution in [0.2, 0.25) is 10.0 Å². The number of benzene rings is 1. The molecule has 1 aromatic carbocycles. The Morgan fingerprint density at radius 3 is 2.80 bits per heavy atom.